The molecule has 0 saturated carbocycles. The zero-order chi connectivity index (χ0) is 6.85. The van der Waals surface area contributed by atoms with E-state index in [-0.39, 0.29) is 5.78 Å². The van der Waals surface area contributed by atoms with Crippen LogP contribution in [0.25, 0.3) is 0 Å². The van der Waals surface area contributed by atoms with E-state index >= 15 is 0 Å². The van der Waals surface area contributed by atoms with Crippen molar-refractivity contribution in [1.82, 2.24) is 10.2 Å². The van der Waals surface area contributed by atoms with Gasteiger partial charge in [-0.15, -0.1) is 0 Å². The lowest BCUT2D eigenvalue weighted by atomic mass is 10.3. The Morgan fingerprint density at radius 2 is 2.56 bits per heavy atom. The Hall–Kier alpha value is -0.830. The van der Waals surface area contributed by atoms with Gasteiger partial charge in [0.2, 0.25) is 0 Å². The molecule has 0 aromatic carbocycles. The minimum Gasteiger partial charge on any atom is -0.293 e. The number of halogens is 1. The van der Waals surface area contributed by atoms with Gasteiger partial charge in [0.05, 0.1) is 11.2 Å². The van der Waals surface area contributed by atoms with E-state index in [1.807, 2.05) is 0 Å². The molecule has 1 aromatic rings. The molecule has 1 heterocycles. The molecule has 48 valence electrons. The highest BCUT2D eigenvalue weighted by atomic mass is 35.5. The molecule has 0 aliphatic heterocycles. The standard InChI is InChI=1S/C5H5ClN2O/c1-3(9)5-4(6)2-7-8-5/h2H,1H3,(H,7,8). The molecule has 4 heteroatoms. The minimum atomic E-state index is -0.0995. The fourth-order valence-electron chi connectivity index (χ4n) is 0.518. The highest BCUT2D eigenvalue weighted by Crippen LogP contribution is 2.10. The topological polar surface area (TPSA) is 45.8 Å². The minimum absolute atomic E-state index is 0.0995. The molecular weight excluding hydrogens is 140 g/mol. The normalized spacial score (nSPS) is 9.56. The lowest BCUT2D eigenvalue weighted by molar-refractivity contribution is 0.101. The van der Waals surface area contributed by atoms with Crippen molar-refractivity contribution in [1.29, 1.82) is 0 Å². The first-order valence-corrected chi connectivity index (χ1v) is 2.79. The van der Waals surface area contributed by atoms with Crippen LogP contribution in [0, 0.1) is 0 Å². The second kappa shape index (κ2) is 2.19. The van der Waals surface area contributed by atoms with Gasteiger partial charge in [-0.2, -0.15) is 5.10 Å². The molecular formula is C5H5ClN2O. The molecule has 0 aliphatic carbocycles. The van der Waals surface area contributed by atoms with E-state index < -0.39 is 0 Å². The van der Waals surface area contributed by atoms with E-state index in [1.54, 1.807) is 0 Å². The largest absolute Gasteiger partial charge is 0.293 e. The Balaban J connectivity index is 3.08. The van der Waals surface area contributed by atoms with E-state index in [2.05, 4.69) is 10.2 Å². The third kappa shape index (κ3) is 1.10. The van der Waals surface area contributed by atoms with Crippen molar-refractivity contribution in [3.63, 3.8) is 0 Å². The van der Waals surface area contributed by atoms with Gasteiger partial charge in [-0.1, -0.05) is 11.6 Å². The van der Waals surface area contributed by atoms with Gasteiger partial charge < -0.3 is 0 Å². The van der Waals surface area contributed by atoms with Crippen molar-refractivity contribution in [2.75, 3.05) is 0 Å². The Kier molecular flexibility index (Phi) is 1.53. The maximum atomic E-state index is 10.6. The maximum absolute atomic E-state index is 10.6. The van der Waals surface area contributed by atoms with Crippen molar-refractivity contribution in [2.45, 2.75) is 6.92 Å². The Bertz CT molecular complexity index is 231. The van der Waals surface area contributed by atoms with E-state index in [0.717, 1.165) is 0 Å². The molecule has 0 amide bonds. The van der Waals surface area contributed by atoms with Crippen LogP contribution >= 0.6 is 11.6 Å². The number of hydrogen-bond acceptors (Lipinski definition) is 2. The van der Waals surface area contributed by atoms with Gasteiger partial charge in [0, 0.05) is 6.92 Å². The van der Waals surface area contributed by atoms with Gasteiger partial charge >= 0.3 is 0 Å². The van der Waals surface area contributed by atoms with Crippen LogP contribution in [0.3, 0.4) is 0 Å². The number of carbonyl (C=O) groups is 1. The highest BCUT2D eigenvalue weighted by Gasteiger charge is 2.05. The fraction of sp³-hybridized carbons (Fsp3) is 0.200. The molecule has 9 heavy (non-hydrogen) atoms. The average molecular weight is 145 g/mol. The van der Waals surface area contributed by atoms with Crippen LogP contribution in [-0.2, 0) is 0 Å². The third-order valence-corrected chi connectivity index (χ3v) is 1.23. The molecule has 0 spiro atoms. The van der Waals surface area contributed by atoms with Gasteiger partial charge in [0.1, 0.15) is 5.69 Å². The van der Waals surface area contributed by atoms with Crippen LogP contribution in [0.5, 0.6) is 0 Å². The van der Waals surface area contributed by atoms with Crippen LogP contribution in [-0.4, -0.2) is 16.0 Å². The zero-order valence-electron chi connectivity index (χ0n) is 4.81. The second-order valence-electron chi connectivity index (χ2n) is 1.65. The Labute approximate surface area is 57.0 Å². The number of H-pyrrole nitrogens is 1. The van der Waals surface area contributed by atoms with E-state index in [0.29, 0.717) is 10.7 Å². The van der Waals surface area contributed by atoms with Crippen molar-refractivity contribution in [2.24, 2.45) is 0 Å². The predicted molar refractivity (Wildman–Crippen MR) is 33.6 cm³/mol. The van der Waals surface area contributed by atoms with Crippen molar-refractivity contribution in [3.05, 3.63) is 16.9 Å². The fourth-order valence-corrected chi connectivity index (χ4v) is 0.742. The van der Waals surface area contributed by atoms with E-state index in [4.69, 9.17) is 11.6 Å². The third-order valence-electron chi connectivity index (χ3n) is 0.945. The number of hydrogen-bond donors (Lipinski definition) is 1. The van der Waals surface area contributed by atoms with Crippen LogP contribution < -0.4 is 0 Å². The number of aromatic nitrogens is 2. The molecule has 1 aromatic heterocycles. The number of ketones is 1. The number of rotatable bonds is 1. The van der Waals surface area contributed by atoms with Crippen LogP contribution in [0.15, 0.2) is 6.20 Å². The van der Waals surface area contributed by atoms with Crippen LogP contribution in [0.1, 0.15) is 17.4 Å². The SMILES string of the molecule is CC(=O)c1[nH]ncc1Cl. The van der Waals surface area contributed by atoms with Gasteiger partial charge in [-0.3, -0.25) is 9.89 Å². The molecule has 3 nitrogen and oxygen atoms in total. The van der Waals surface area contributed by atoms with Crippen molar-refractivity contribution < 1.29 is 4.79 Å². The maximum Gasteiger partial charge on any atom is 0.179 e. The first-order valence-electron chi connectivity index (χ1n) is 2.41. The van der Waals surface area contributed by atoms with E-state index in [9.17, 15) is 4.79 Å². The average Bonchev–Trinajstić information content (AvgIpc) is 2.13. The summed E-state index contributed by atoms with van der Waals surface area (Å²) < 4.78 is 0. The summed E-state index contributed by atoms with van der Waals surface area (Å²) in [4.78, 5) is 10.6. The molecule has 0 radical (unpaired) electrons. The predicted octanol–water partition coefficient (Wildman–Crippen LogP) is 1.27. The molecule has 0 atom stereocenters. The number of Topliss-reactive ketones (excluding diaryl/α,β-unsaturated/α-hetero) is 1. The summed E-state index contributed by atoms with van der Waals surface area (Å²) >= 11 is 5.52. The zero-order valence-corrected chi connectivity index (χ0v) is 5.57. The van der Waals surface area contributed by atoms with E-state index in [1.165, 1.54) is 13.1 Å². The molecule has 0 aliphatic rings. The number of carbonyl (C=O) groups excluding carboxylic acids is 1. The highest BCUT2D eigenvalue weighted by molar-refractivity contribution is 6.33. The second-order valence-corrected chi connectivity index (χ2v) is 2.06. The van der Waals surface area contributed by atoms with Gasteiger partial charge in [0.15, 0.2) is 5.78 Å². The van der Waals surface area contributed by atoms with Gasteiger partial charge in [-0.05, 0) is 0 Å². The lowest BCUT2D eigenvalue weighted by Gasteiger charge is -1.84. The molecule has 0 unspecified atom stereocenters. The lowest BCUT2D eigenvalue weighted by Crippen LogP contribution is -1.92. The Morgan fingerprint density at radius 3 is 2.78 bits per heavy atom. The Morgan fingerprint density at radius 1 is 1.89 bits per heavy atom. The first kappa shape index (κ1) is 6.29. The van der Waals surface area contributed by atoms with Gasteiger partial charge in [-0.25, -0.2) is 0 Å². The van der Waals surface area contributed by atoms with Crippen molar-refractivity contribution >= 4 is 17.4 Å². The van der Waals surface area contributed by atoms with Gasteiger partial charge in [0.25, 0.3) is 0 Å². The van der Waals surface area contributed by atoms with Crippen molar-refractivity contribution in [3.8, 4) is 0 Å². The quantitative estimate of drug-likeness (QED) is 0.604. The summed E-state index contributed by atoms with van der Waals surface area (Å²) in [6.07, 6.45) is 1.40. The summed E-state index contributed by atoms with van der Waals surface area (Å²) in [6.45, 7) is 1.43. The van der Waals surface area contributed by atoms with Crippen LogP contribution in [0.2, 0.25) is 5.02 Å². The molecule has 0 saturated heterocycles. The number of aromatic amines is 1. The smallest absolute Gasteiger partial charge is 0.179 e. The summed E-state index contributed by atoms with van der Waals surface area (Å²) in [6, 6.07) is 0. The molecule has 1 N–H and O–H groups in total. The first-order chi connectivity index (χ1) is 4.22. The monoisotopic (exact) mass is 144 g/mol. The summed E-state index contributed by atoms with van der Waals surface area (Å²) in [5.74, 6) is -0.0995. The number of nitrogens with zero attached hydrogens (tertiary/aromatic N) is 1. The van der Waals surface area contributed by atoms with Crippen LogP contribution in [0.4, 0.5) is 0 Å². The summed E-state index contributed by atoms with van der Waals surface area (Å²) in [5.41, 5.74) is 0.372. The summed E-state index contributed by atoms with van der Waals surface area (Å²) in [5, 5.41) is 6.42. The number of nitrogens with one attached hydrogen (secondary N) is 1. The molecule has 0 bridgehead atoms. The summed E-state index contributed by atoms with van der Waals surface area (Å²) in [7, 11) is 0. The molecule has 1 rings (SSSR count). The molecule has 0 fully saturated rings.